The first-order valence-electron chi connectivity index (χ1n) is 2.77. The maximum absolute atomic E-state index is 12.6. The number of benzene rings is 1. The summed E-state index contributed by atoms with van der Waals surface area (Å²) >= 11 is 3.88. The smallest absolute Gasteiger partial charge is 0.130 e. The summed E-state index contributed by atoms with van der Waals surface area (Å²) in [4.78, 5) is 0.509. The first-order valence-corrected chi connectivity index (χ1v) is 3.22. The van der Waals surface area contributed by atoms with Crippen molar-refractivity contribution >= 4 is 12.6 Å². The van der Waals surface area contributed by atoms with Gasteiger partial charge in [0, 0.05) is 10.5 Å². The minimum atomic E-state index is -0.764. The molecule has 0 nitrogen and oxygen atoms in total. The Morgan fingerprint density at radius 2 is 2.10 bits per heavy atom. The van der Waals surface area contributed by atoms with Crippen molar-refractivity contribution in [3.63, 3.8) is 0 Å². The van der Waals surface area contributed by atoms with E-state index in [2.05, 4.69) is 12.6 Å². The molecule has 0 heterocycles. The molecule has 1 aromatic rings. The minimum absolute atomic E-state index is 0.0813. The van der Waals surface area contributed by atoms with Gasteiger partial charge in [0.05, 0.1) is 0 Å². The van der Waals surface area contributed by atoms with E-state index in [0.717, 1.165) is 0 Å². The van der Waals surface area contributed by atoms with E-state index < -0.39 is 12.5 Å². The normalized spacial score (nSPS) is 9.90. The van der Waals surface area contributed by atoms with Crippen molar-refractivity contribution < 1.29 is 8.78 Å². The Morgan fingerprint density at radius 1 is 1.40 bits per heavy atom. The van der Waals surface area contributed by atoms with E-state index in [1.807, 2.05) is 0 Å². The average molecular weight is 160 g/mol. The summed E-state index contributed by atoms with van der Waals surface area (Å²) in [6.07, 6.45) is 0. The maximum atomic E-state index is 12.6. The monoisotopic (exact) mass is 160 g/mol. The third-order valence-corrected chi connectivity index (χ3v) is 1.46. The Hall–Kier alpha value is -0.570. The molecule has 0 bridgehead atoms. The van der Waals surface area contributed by atoms with Gasteiger partial charge >= 0.3 is 0 Å². The van der Waals surface area contributed by atoms with E-state index in [-0.39, 0.29) is 5.56 Å². The van der Waals surface area contributed by atoms with Gasteiger partial charge in [0.2, 0.25) is 0 Å². The molecule has 0 aromatic heterocycles. The van der Waals surface area contributed by atoms with Gasteiger partial charge < -0.3 is 0 Å². The molecule has 0 amide bonds. The molecule has 0 unspecified atom stereocenters. The van der Waals surface area contributed by atoms with Gasteiger partial charge in [0.1, 0.15) is 12.5 Å². The van der Waals surface area contributed by atoms with Crippen LogP contribution in [0.1, 0.15) is 5.56 Å². The Labute approximate surface area is 63.3 Å². The minimum Gasteiger partial charge on any atom is -0.246 e. The van der Waals surface area contributed by atoms with Gasteiger partial charge in [-0.2, -0.15) is 0 Å². The van der Waals surface area contributed by atoms with E-state index in [1.165, 1.54) is 12.1 Å². The molecule has 0 aliphatic rings. The zero-order chi connectivity index (χ0) is 7.56. The van der Waals surface area contributed by atoms with Crippen LogP contribution in [0.3, 0.4) is 0 Å². The van der Waals surface area contributed by atoms with Crippen LogP contribution in [0.5, 0.6) is 0 Å². The zero-order valence-corrected chi connectivity index (χ0v) is 6.04. The first-order chi connectivity index (χ1) is 4.74. The Kier molecular flexibility index (Phi) is 2.27. The van der Waals surface area contributed by atoms with Crippen LogP contribution >= 0.6 is 12.6 Å². The van der Waals surface area contributed by atoms with Crippen molar-refractivity contribution in [1.29, 1.82) is 0 Å². The van der Waals surface area contributed by atoms with Gasteiger partial charge in [-0.15, -0.1) is 12.6 Å². The Balaban J connectivity index is 3.07. The van der Waals surface area contributed by atoms with Crippen LogP contribution in [0.15, 0.2) is 23.1 Å². The summed E-state index contributed by atoms with van der Waals surface area (Å²) in [5.41, 5.74) is 0.0813. The molecule has 0 atom stereocenters. The molecule has 10 heavy (non-hydrogen) atoms. The van der Waals surface area contributed by atoms with Crippen molar-refractivity contribution in [1.82, 2.24) is 0 Å². The standard InChI is InChI=1S/C7H6F2S/c8-4-5-1-2-6(10)3-7(5)9/h1-3,10H,4H2. The molecule has 54 valence electrons. The highest BCUT2D eigenvalue weighted by atomic mass is 32.1. The predicted octanol–water partition coefficient (Wildman–Crippen LogP) is 2.58. The fraction of sp³-hybridized carbons (Fsp3) is 0.143. The van der Waals surface area contributed by atoms with E-state index in [4.69, 9.17) is 0 Å². The molecule has 0 radical (unpaired) electrons. The largest absolute Gasteiger partial charge is 0.246 e. The van der Waals surface area contributed by atoms with E-state index in [1.54, 1.807) is 6.07 Å². The number of halogens is 2. The Bertz CT molecular complexity index is 235. The second kappa shape index (κ2) is 3.01. The van der Waals surface area contributed by atoms with Gasteiger partial charge in [0.25, 0.3) is 0 Å². The van der Waals surface area contributed by atoms with Crippen LogP contribution in [0.25, 0.3) is 0 Å². The second-order valence-electron chi connectivity index (χ2n) is 1.91. The van der Waals surface area contributed by atoms with Crippen molar-refractivity contribution in [2.24, 2.45) is 0 Å². The number of hydrogen-bond donors (Lipinski definition) is 1. The molecule has 0 fully saturated rings. The summed E-state index contributed by atoms with van der Waals surface area (Å²) < 4.78 is 24.4. The average Bonchev–Trinajstić information content (AvgIpc) is 1.88. The molecule has 3 heteroatoms. The summed E-state index contributed by atoms with van der Waals surface area (Å²) in [6.45, 7) is -0.764. The van der Waals surface area contributed by atoms with E-state index in [0.29, 0.717) is 4.90 Å². The molecule has 0 saturated heterocycles. The molecule has 0 N–H and O–H groups in total. The van der Waals surface area contributed by atoms with Gasteiger partial charge in [-0.25, -0.2) is 8.78 Å². The van der Waals surface area contributed by atoms with Gasteiger partial charge in [0.15, 0.2) is 0 Å². The fourth-order valence-corrected chi connectivity index (χ4v) is 0.832. The number of thiol groups is 1. The predicted molar refractivity (Wildman–Crippen MR) is 38.5 cm³/mol. The molecule has 0 aliphatic heterocycles. The number of alkyl halides is 1. The molecular weight excluding hydrogens is 154 g/mol. The molecule has 0 aliphatic carbocycles. The molecule has 0 saturated carbocycles. The number of hydrogen-bond acceptors (Lipinski definition) is 1. The first kappa shape index (κ1) is 7.54. The summed E-state index contributed by atoms with van der Waals surface area (Å²) in [6, 6.07) is 4.14. The van der Waals surface area contributed by atoms with Crippen LogP contribution in [-0.2, 0) is 6.67 Å². The van der Waals surface area contributed by atoms with Crippen molar-refractivity contribution in [2.45, 2.75) is 11.6 Å². The van der Waals surface area contributed by atoms with Gasteiger partial charge in [-0.05, 0) is 12.1 Å². The summed E-state index contributed by atoms with van der Waals surface area (Å²) in [5, 5.41) is 0. The van der Waals surface area contributed by atoms with Crippen LogP contribution in [0, 0.1) is 5.82 Å². The van der Waals surface area contributed by atoms with Crippen LogP contribution in [0.4, 0.5) is 8.78 Å². The van der Waals surface area contributed by atoms with E-state index >= 15 is 0 Å². The van der Waals surface area contributed by atoms with Crippen molar-refractivity contribution in [3.05, 3.63) is 29.6 Å². The van der Waals surface area contributed by atoms with Crippen molar-refractivity contribution in [2.75, 3.05) is 0 Å². The zero-order valence-electron chi connectivity index (χ0n) is 5.14. The van der Waals surface area contributed by atoms with Crippen LogP contribution < -0.4 is 0 Å². The molecular formula is C7H6F2S. The highest BCUT2D eigenvalue weighted by Gasteiger charge is 1.99. The maximum Gasteiger partial charge on any atom is 0.130 e. The summed E-state index contributed by atoms with van der Waals surface area (Å²) in [7, 11) is 0. The van der Waals surface area contributed by atoms with Crippen molar-refractivity contribution in [3.8, 4) is 0 Å². The quantitative estimate of drug-likeness (QED) is 0.600. The lowest BCUT2D eigenvalue weighted by Gasteiger charge is -1.96. The van der Waals surface area contributed by atoms with Gasteiger partial charge in [-0.3, -0.25) is 0 Å². The lowest BCUT2D eigenvalue weighted by atomic mass is 10.2. The second-order valence-corrected chi connectivity index (χ2v) is 2.43. The topological polar surface area (TPSA) is 0 Å². The lowest BCUT2D eigenvalue weighted by Crippen LogP contribution is -1.84. The lowest BCUT2D eigenvalue weighted by molar-refractivity contribution is 0.463. The van der Waals surface area contributed by atoms with Crippen LogP contribution in [0.2, 0.25) is 0 Å². The Morgan fingerprint density at radius 3 is 2.60 bits per heavy atom. The SMILES string of the molecule is FCc1ccc(S)cc1F. The highest BCUT2D eigenvalue weighted by molar-refractivity contribution is 7.80. The molecule has 1 aromatic carbocycles. The van der Waals surface area contributed by atoms with Crippen LogP contribution in [-0.4, -0.2) is 0 Å². The molecule has 1 rings (SSSR count). The van der Waals surface area contributed by atoms with Gasteiger partial charge in [-0.1, -0.05) is 6.07 Å². The van der Waals surface area contributed by atoms with E-state index in [9.17, 15) is 8.78 Å². The third kappa shape index (κ3) is 1.48. The number of rotatable bonds is 1. The third-order valence-electron chi connectivity index (χ3n) is 1.18. The highest BCUT2D eigenvalue weighted by Crippen LogP contribution is 2.13. The summed E-state index contributed by atoms with van der Waals surface area (Å²) in [5.74, 6) is -0.532. The molecule has 0 spiro atoms. The fourth-order valence-electron chi connectivity index (χ4n) is 0.645.